The van der Waals surface area contributed by atoms with Crippen LogP contribution in [0.2, 0.25) is 15.1 Å². The normalized spacial score (nSPS) is 10.3. The van der Waals surface area contributed by atoms with Crippen molar-refractivity contribution in [2.45, 2.75) is 6.42 Å². The molecule has 2 aromatic rings. The molecule has 0 aliphatic carbocycles. The van der Waals surface area contributed by atoms with Gasteiger partial charge < -0.3 is 0 Å². The predicted octanol–water partition coefficient (Wildman–Crippen LogP) is 4.91. The highest BCUT2D eigenvalue weighted by atomic mass is 35.5. The lowest BCUT2D eigenvalue weighted by atomic mass is 10.1. The first kappa shape index (κ1) is 14.1. The maximum atomic E-state index is 13.7. The molecule has 1 aromatic heterocycles. The zero-order chi connectivity index (χ0) is 14.0. The molecule has 0 atom stereocenters. The fourth-order valence-corrected chi connectivity index (χ4v) is 2.15. The number of halogens is 4. The van der Waals surface area contributed by atoms with Crippen molar-refractivity contribution < 1.29 is 4.39 Å². The lowest BCUT2D eigenvalue weighted by Crippen LogP contribution is -1.94. The summed E-state index contributed by atoms with van der Waals surface area (Å²) >= 11 is 17.7. The summed E-state index contributed by atoms with van der Waals surface area (Å²) in [5.74, 6) is -0.541. The van der Waals surface area contributed by atoms with Crippen LogP contribution in [0.4, 0.5) is 4.39 Å². The molecule has 0 aliphatic heterocycles. The molecule has 0 saturated heterocycles. The topological polar surface area (TPSA) is 36.7 Å². The maximum Gasteiger partial charge on any atom is 0.146 e. The zero-order valence-electron chi connectivity index (χ0n) is 9.42. The van der Waals surface area contributed by atoms with Crippen LogP contribution in [0, 0.1) is 17.1 Å². The van der Waals surface area contributed by atoms with E-state index in [0.29, 0.717) is 11.1 Å². The quantitative estimate of drug-likeness (QED) is 0.738. The number of nitriles is 1. The van der Waals surface area contributed by atoms with Crippen molar-refractivity contribution in [1.82, 2.24) is 4.98 Å². The van der Waals surface area contributed by atoms with Gasteiger partial charge in [-0.2, -0.15) is 5.26 Å². The summed E-state index contributed by atoms with van der Waals surface area (Å²) in [7, 11) is 0. The molecule has 2 nitrogen and oxygen atoms in total. The standard InChI is InChI=1S/C13H6Cl3FN2/c14-9-3-7(4-10(15)13(9)16)8-5-11(17)12(1-2-18)19-6-8/h3-6H,1H2. The summed E-state index contributed by atoms with van der Waals surface area (Å²) in [6.45, 7) is 0. The number of hydrogen-bond acceptors (Lipinski definition) is 2. The molecular formula is C13H6Cl3FN2. The highest BCUT2D eigenvalue weighted by molar-refractivity contribution is 6.48. The summed E-state index contributed by atoms with van der Waals surface area (Å²) in [5.41, 5.74) is 1.23. The van der Waals surface area contributed by atoms with Gasteiger partial charge in [-0.15, -0.1) is 0 Å². The average Bonchev–Trinajstić information content (AvgIpc) is 2.38. The van der Waals surface area contributed by atoms with E-state index in [1.807, 2.05) is 6.07 Å². The molecule has 0 N–H and O–H groups in total. The average molecular weight is 316 g/mol. The van der Waals surface area contributed by atoms with E-state index in [4.69, 9.17) is 40.1 Å². The van der Waals surface area contributed by atoms with E-state index in [9.17, 15) is 4.39 Å². The Labute approximate surface area is 124 Å². The zero-order valence-corrected chi connectivity index (χ0v) is 11.7. The van der Waals surface area contributed by atoms with Gasteiger partial charge in [-0.05, 0) is 23.8 Å². The Hall–Kier alpha value is -1.34. The molecule has 0 saturated carbocycles. The fraction of sp³-hybridized carbons (Fsp3) is 0.0769. The first-order valence-electron chi connectivity index (χ1n) is 5.19. The fourth-order valence-electron chi connectivity index (χ4n) is 1.55. The minimum Gasteiger partial charge on any atom is -0.256 e. The van der Waals surface area contributed by atoms with Crippen molar-refractivity contribution in [3.63, 3.8) is 0 Å². The lowest BCUT2D eigenvalue weighted by molar-refractivity contribution is 0.606. The summed E-state index contributed by atoms with van der Waals surface area (Å²) < 4.78 is 13.7. The molecule has 19 heavy (non-hydrogen) atoms. The van der Waals surface area contributed by atoms with Crippen molar-refractivity contribution in [1.29, 1.82) is 5.26 Å². The molecule has 1 aromatic carbocycles. The molecule has 0 spiro atoms. The number of benzene rings is 1. The number of nitrogens with zero attached hydrogens (tertiary/aromatic N) is 2. The Morgan fingerprint density at radius 1 is 1.11 bits per heavy atom. The lowest BCUT2D eigenvalue weighted by Gasteiger charge is -2.06. The van der Waals surface area contributed by atoms with Gasteiger partial charge in [0.25, 0.3) is 0 Å². The van der Waals surface area contributed by atoms with Gasteiger partial charge in [-0.25, -0.2) is 4.39 Å². The molecule has 0 bridgehead atoms. The van der Waals surface area contributed by atoms with Crippen molar-refractivity contribution in [2.24, 2.45) is 0 Å². The second-order valence-electron chi connectivity index (χ2n) is 3.74. The Balaban J connectivity index is 2.49. The summed E-state index contributed by atoms with van der Waals surface area (Å²) in [4.78, 5) is 3.91. The van der Waals surface area contributed by atoms with Gasteiger partial charge in [0.1, 0.15) is 5.82 Å². The highest BCUT2D eigenvalue weighted by Gasteiger charge is 2.10. The van der Waals surface area contributed by atoms with Crippen LogP contribution in [0.3, 0.4) is 0 Å². The Bertz CT molecular complexity index is 657. The van der Waals surface area contributed by atoms with Crippen LogP contribution >= 0.6 is 34.8 Å². The number of pyridine rings is 1. The summed E-state index contributed by atoms with van der Waals surface area (Å²) in [6, 6.07) is 6.29. The van der Waals surface area contributed by atoms with E-state index in [0.717, 1.165) is 0 Å². The highest BCUT2D eigenvalue weighted by Crippen LogP contribution is 2.35. The van der Waals surface area contributed by atoms with E-state index in [-0.39, 0.29) is 27.2 Å². The van der Waals surface area contributed by atoms with Crippen LogP contribution in [0.15, 0.2) is 24.4 Å². The summed E-state index contributed by atoms with van der Waals surface area (Å²) in [5, 5.41) is 9.35. The molecule has 0 aliphatic rings. The van der Waals surface area contributed by atoms with Crippen LogP contribution in [-0.2, 0) is 6.42 Å². The predicted molar refractivity (Wildman–Crippen MR) is 74.0 cm³/mol. The molecule has 0 fully saturated rings. The van der Waals surface area contributed by atoms with Gasteiger partial charge in [0.15, 0.2) is 0 Å². The number of hydrogen-bond donors (Lipinski definition) is 0. The van der Waals surface area contributed by atoms with Gasteiger partial charge in [-0.1, -0.05) is 34.8 Å². The molecule has 0 radical (unpaired) electrons. The molecule has 2 rings (SSSR count). The van der Waals surface area contributed by atoms with E-state index < -0.39 is 5.82 Å². The molecule has 96 valence electrons. The second kappa shape index (κ2) is 5.75. The largest absolute Gasteiger partial charge is 0.256 e. The Morgan fingerprint density at radius 3 is 2.26 bits per heavy atom. The number of aromatic nitrogens is 1. The maximum absolute atomic E-state index is 13.7. The molecular weight excluding hydrogens is 310 g/mol. The van der Waals surface area contributed by atoms with Gasteiger partial charge in [0.2, 0.25) is 0 Å². The van der Waals surface area contributed by atoms with Crippen LogP contribution in [0.1, 0.15) is 5.69 Å². The van der Waals surface area contributed by atoms with E-state index in [1.165, 1.54) is 12.3 Å². The van der Waals surface area contributed by atoms with Crippen molar-refractivity contribution in [3.05, 3.63) is 51.0 Å². The molecule has 6 heteroatoms. The van der Waals surface area contributed by atoms with Gasteiger partial charge in [0, 0.05) is 11.8 Å². The third-order valence-corrected chi connectivity index (χ3v) is 3.68. The first-order chi connectivity index (χ1) is 9.02. The van der Waals surface area contributed by atoms with E-state index in [2.05, 4.69) is 4.98 Å². The molecule has 1 heterocycles. The molecule has 0 amide bonds. The second-order valence-corrected chi connectivity index (χ2v) is 4.93. The Morgan fingerprint density at radius 2 is 1.74 bits per heavy atom. The van der Waals surface area contributed by atoms with Gasteiger partial charge in [-0.3, -0.25) is 4.98 Å². The third-order valence-electron chi connectivity index (χ3n) is 2.48. The van der Waals surface area contributed by atoms with Crippen molar-refractivity contribution in [3.8, 4) is 17.2 Å². The van der Waals surface area contributed by atoms with Crippen molar-refractivity contribution in [2.75, 3.05) is 0 Å². The minimum absolute atomic E-state index is 0.0752. The SMILES string of the molecule is N#CCc1ncc(-c2cc(Cl)c(Cl)c(Cl)c2)cc1F. The van der Waals surface area contributed by atoms with Crippen LogP contribution in [0.5, 0.6) is 0 Å². The first-order valence-corrected chi connectivity index (χ1v) is 6.32. The van der Waals surface area contributed by atoms with E-state index >= 15 is 0 Å². The minimum atomic E-state index is -0.541. The smallest absolute Gasteiger partial charge is 0.146 e. The Kier molecular flexibility index (Phi) is 4.26. The third kappa shape index (κ3) is 2.98. The van der Waals surface area contributed by atoms with Crippen molar-refractivity contribution >= 4 is 34.8 Å². The molecule has 0 unspecified atom stereocenters. The van der Waals surface area contributed by atoms with Gasteiger partial charge in [0.05, 0.1) is 33.3 Å². The van der Waals surface area contributed by atoms with Crippen LogP contribution in [-0.4, -0.2) is 4.98 Å². The number of rotatable bonds is 2. The van der Waals surface area contributed by atoms with Crippen LogP contribution in [0.25, 0.3) is 11.1 Å². The van der Waals surface area contributed by atoms with Gasteiger partial charge >= 0.3 is 0 Å². The van der Waals surface area contributed by atoms with E-state index in [1.54, 1.807) is 12.1 Å². The monoisotopic (exact) mass is 314 g/mol. The summed E-state index contributed by atoms with van der Waals surface area (Å²) in [6.07, 6.45) is 1.39. The van der Waals surface area contributed by atoms with Crippen LogP contribution < -0.4 is 0 Å².